The van der Waals surface area contributed by atoms with Crippen LogP contribution in [-0.2, 0) is 4.79 Å². The molecule has 0 aromatic carbocycles. The number of hydrogen-bond donors (Lipinski definition) is 1. The molecule has 0 aromatic rings. The van der Waals surface area contributed by atoms with Crippen molar-refractivity contribution in [2.75, 3.05) is 19.8 Å². The first-order valence-corrected chi connectivity index (χ1v) is 11.1. The number of unbranched alkanes of at least 4 members (excludes halogenated alkanes) is 9. The van der Waals surface area contributed by atoms with Crippen molar-refractivity contribution in [3.63, 3.8) is 0 Å². The van der Waals surface area contributed by atoms with Gasteiger partial charge in [0.15, 0.2) is 0 Å². The van der Waals surface area contributed by atoms with Crippen molar-refractivity contribution in [2.45, 2.75) is 103 Å². The molecule has 2 heterocycles. The normalized spacial score (nSPS) is 21.4. The van der Waals surface area contributed by atoms with Crippen molar-refractivity contribution >= 4 is 11.9 Å². The zero-order valence-electron chi connectivity index (χ0n) is 16.8. The maximum absolute atomic E-state index is 12.5. The minimum Gasteiger partial charge on any atom is -0.326 e. The Morgan fingerprint density at radius 3 is 2.04 bits per heavy atom. The minimum absolute atomic E-state index is 0.0171. The molecule has 1 N–H and O–H groups in total. The second kappa shape index (κ2) is 12.3. The zero-order valence-corrected chi connectivity index (χ0v) is 16.8. The second-order valence-electron chi connectivity index (χ2n) is 8.06. The van der Waals surface area contributed by atoms with E-state index < -0.39 is 0 Å². The minimum atomic E-state index is -0.290. The highest BCUT2D eigenvalue weighted by Gasteiger charge is 2.38. The third-order valence-corrected chi connectivity index (χ3v) is 5.74. The molecule has 5 heteroatoms. The number of hydrogen-bond acceptors (Lipinski definition) is 3. The summed E-state index contributed by atoms with van der Waals surface area (Å²) in [6.45, 7) is 4.73. The van der Waals surface area contributed by atoms with E-state index >= 15 is 0 Å². The van der Waals surface area contributed by atoms with Gasteiger partial charge in [0.1, 0.15) is 6.04 Å². The highest BCUT2D eigenvalue weighted by molar-refractivity contribution is 6.04. The topological polar surface area (TPSA) is 52.7 Å². The molecule has 150 valence electrons. The lowest BCUT2D eigenvalue weighted by Gasteiger charge is -2.29. The number of nitrogens with one attached hydrogen (secondary N) is 1. The van der Waals surface area contributed by atoms with Gasteiger partial charge in [-0.25, -0.2) is 9.69 Å². The summed E-state index contributed by atoms with van der Waals surface area (Å²) in [6, 6.07) is -0.487. The number of carbonyl (C=O) groups excluding carboxylic acids is 2. The highest BCUT2D eigenvalue weighted by Crippen LogP contribution is 2.17. The summed E-state index contributed by atoms with van der Waals surface area (Å²) in [4.78, 5) is 28.3. The van der Waals surface area contributed by atoms with Crippen LogP contribution in [0.3, 0.4) is 0 Å². The van der Waals surface area contributed by atoms with E-state index in [0.29, 0.717) is 6.67 Å². The molecule has 2 aliphatic rings. The van der Waals surface area contributed by atoms with Crippen LogP contribution in [0.2, 0.25) is 0 Å². The first-order chi connectivity index (χ1) is 12.7. The van der Waals surface area contributed by atoms with Gasteiger partial charge in [-0.05, 0) is 32.4 Å². The molecular formula is C21H39N3O2. The largest absolute Gasteiger partial charge is 0.326 e. The van der Waals surface area contributed by atoms with Crippen molar-refractivity contribution in [2.24, 2.45) is 0 Å². The van der Waals surface area contributed by atoms with Crippen molar-refractivity contribution in [1.82, 2.24) is 15.1 Å². The molecule has 1 unspecified atom stereocenters. The molecular weight excluding hydrogens is 326 g/mol. The number of likely N-dealkylation sites (tertiary alicyclic amines) is 1. The molecule has 1 atom stereocenters. The maximum atomic E-state index is 12.5. The SMILES string of the molecule is CCCCCCCCCCCCC1NC(=O)N(CN2CCCCC2)C1=O. The molecule has 0 spiro atoms. The molecule has 2 rings (SSSR count). The van der Waals surface area contributed by atoms with E-state index in [2.05, 4.69) is 17.1 Å². The van der Waals surface area contributed by atoms with Crippen LogP contribution in [0, 0.1) is 0 Å². The summed E-state index contributed by atoms with van der Waals surface area (Å²) in [7, 11) is 0. The Morgan fingerprint density at radius 1 is 0.846 bits per heavy atom. The molecule has 26 heavy (non-hydrogen) atoms. The van der Waals surface area contributed by atoms with Gasteiger partial charge in [0.2, 0.25) is 0 Å². The Labute approximate surface area is 159 Å². The van der Waals surface area contributed by atoms with E-state index in [1.807, 2.05) is 0 Å². The number of imide groups is 1. The van der Waals surface area contributed by atoms with Crippen LogP contribution < -0.4 is 5.32 Å². The zero-order chi connectivity index (χ0) is 18.6. The first-order valence-electron chi connectivity index (χ1n) is 11.1. The molecule has 0 saturated carbocycles. The summed E-state index contributed by atoms with van der Waals surface area (Å²) < 4.78 is 0. The van der Waals surface area contributed by atoms with Gasteiger partial charge in [-0.15, -0.1) is 0 Å². The summed E-state index contributed by atoms with van der Waals surface area (Å²) in [5.74, 6) is -0.0171. The van der Waals surface area contributed by atoms with Crippen LogP contribution in [-0.4, -0.2) is 47.5 Å². The molecule has 2 saturated heterocycles. The van der Waals surface area contributed by atoms with Gasteiger partial charge in [0.05, 0.1) is 6.67 Å². The average Bonchev–Trinajstić information content (AvgIpc) is 2.92. The van der Waals surface area contributed by atoms with Crippen LogP contribution in [0.4, 0.5) is 4.79 Å². The predicted molar refractivity (Wildman–Crippen MR) is 106 cm³/mol. The van der Waals surface area contributed by atoms with Crippen molar-refractivity contribution in [1.29, 1.82) is 0 Å². The van der Waals surface area contributed by atoms with Crippen LogP contribution in [0.1, 0.15) is 96.8 Å². The summed E-state index contributed by atoms with van der Waals surface area (Å²) in [5, 5.41) is 2.88. The lowest BCUT2D eigenvalue weighted by Crippen LogP contribution is -2.44. The maximum Gasteiger partial charge on any atom is 0.325 e. The third kappa shape index (κ3) is 7.26. The highest BCUT2D eigenvalue weighted by atomic mass is 16.2. The second-order valence-corrected chi connectivity index (χ2v) is 8.06. The Bertz CT molecular complexity index is 421. The van der Waals surface area contributed by atoms with Crippen LogP contribution in [0.15, 0.2) is 0 Å². The Hall–Kier alpha value is -1.10. The molecule has 0 radical (unpaired) electrons. The van der Waals surface area contributed by atoms with Gasteiger partial charge in [-0.1, -0.05) is 77.6 Å². The fraction of sp³-hybridized carbons (Fsp3) is 0.905. The molecule has 2 aliphatic heterocycles. The Kier molecular flexibility index (Phi) is 10.0. The van der Waals surface area contributed by atoms with Gasteiger partial charge in [-0.3, -0.25) is 9.69 Å². The van der Waals surface area contributed by atoms with Gasteiger partial charge >= 0.3 is 6.03 Å². The van der Waals surface area contributed by atoms with Crippen LogP contribution >= 0.6 is 0 Å². The van der Waals surface area contributed by atoms with Gasteiger partial charge < -0.3 is 5.32 Å². The molecule has 3 amide bonds. The molecule has 0 aliphatic carbocycles. The van der Waals surface area contributed by atoms with Gasteiger partial charge in [-0.2, -0.15) is 0 Å². The molecule has 0 bridgehead atoms. The quantitative estimate of drug-likeness (QED) is 0.381. The van der Waals surface area contributed by atoms with Crippen LogP contribution in [0.5, 0.6) is 0 Å². The van der Waals surface area contributed by atoms with Crippen molar-refractivity contribution in [3.8, 4) is 0 Å². The first kappa shape index (κ1) is 21.2. The summed E-state index contributed by atoms with van der Waals surface area (Å²) in [5.41, 5.74) is 0. The number of nitrogens with zero attached hydrogens (tertiary/aromatic N) is 2. The lowest BCUT2D eigenvalue weighted by atomic mass is 10.0. The fourth-order valence-corrected chi connectivity index (χ4v) is 4.04. The number of carbonyl (C=O) groups is 2. The van der Waals surface area contributed by atoms with E-state index in [1.165, 1.54) is 81.9 Å². The summed E-state index contributed by atoms with van der Waals surface area (Å²) in [6.07, 6.45) is 17.3. The molecule has 2 fully saturated rings. The number of amides is 3. The van der Waals surface area contributed by atoms with E-state index in [4.69, 9.17) is 0 Å². The van der Waals surface area contributed by atoms with E-state index in [1.54, 1.807) is 0 Å². The Morgan fingerprint density at radius 2 is 1.42 bits per heavy atom. The summed E-state index contributed by atoms with van der Waals surface area (Å²) >= 11 is 0. The predicted octanol–water partition coefficient (Wildman–Crippen LogP) is 4.66. The monoisotopic (exact) mass is 365 g/mol. The van der Waals surface area contributed by atoms with E-state index in [9.17, 15) is 9.59 Å². The number of urea groups is 1. The van der Waals surface area contributed by atoms with Gasteiger partial charge in [0, 0.05) is 0 Å². The Balaban J connectivity index is 1.53. The van der Waals surface area contributed by atoms with E-state index in [-0.39, 0.29) is 18.0 Å². The smallest absolute Gasteiger partial charge is 0.325 e. The van der Waals surface area contributed by atoms with Crippen LogP contribution in [0.25, 0.3) is 0 Å². The fourth-order valence-electron chi connectivity index (χ4n) is 4.04. The standard InChI is InChI=1S/C21H39N3O2/c1-2-3-4-5-6-7-8-9-10-12-15-19-20(25)24(21(26)22-19)18-23-16-13-11-14-17-23/h19H,2-18H2,1H3,(H,22,26). The number of rotatable bonds is 13. The molecule has 0 aromatic heterocycles. The van der Waals surface area contributed by atoms with Gasteiger partial charge in [0.25, 0.3) is 5.91 Å². The average molecular weight is 366 g/mol. The van der Waals surface area contributed by atoms with E-state index in [0.717, 1.165) is 25.9 Å². The van der Waals surface area contributed by atoms with Crippen molar-refractivity contribution < 1.29 is 9.59 Å². The molecule has 5 nitrogen and oxygen atoms in total. The third-order valence-electron chi connectivity index (χ3n) is 5.74. The number of piperidine rings is 1. The van der Waals surface area contributed by atoms with Crippen molar-refractivity contribution in [3.05, 3.63) is 0 Å². The lowest BCUT2D eigenvalue weighted by molar-refractivity contribution is -0.129.